The lowest BCUT2D eigenvalue weighted by molar-refractivity contribution is 0.00752. The number of halogens is 1. The molecule has 2 rings (SSSR count). The predicted octanol–water partition coefficient (Wildman–Crippen LogP) is 1.73. The fourth-order valence-electron chi connectivity index (χ4n) is 2.98. The van der Waals surface area contributed by atoms with Crippen LogP contribution in [0, 0.1) is 5.92 Å². The van der Waals surface area contributed by atoms with Gasteiger partial charge in [-0.05, 0) is 17.5 Å². The zero-order valence-corrected chi connectivity index (χ0v) is 18.5. The third kappa shape index (κ3) is 7.24. The molecule has 0 radical (unpaired) electrons. The molecule has 1 aromatic heterocycles. The summed E-state index contributed by atoms with van der Waals surface area (Å²) in [6.07, 6.45) is 1.75. The number of nitrogens with one attached hydrogen (secondary N) is 2. The fraction of sp³-hybridized carbons (Fsp3) is 0.667. The van der Waals surface area contributed by atoms with Crippen molar-refractivity contribution in [3.8, 4) is 5.88 Å². The Hall–Kier alpha value is -1.13. The van der Waals surface area contributed by atoms with Crippen LogP contribution in [0.1, 0.15) is 19.4 Å². The molecular weight excluding hydrogens is 445 g/mol. The molecular formula is C18H32IN5O2. The van der Waals surface area contributed by atoms with Crippen LogP contribution in [0.5, 0.6) is 5.88 Å². The molecule has 1 aliphatic heterocycles. The number of nitrogens with zero attached hydrogens (tertiary/aromatic N) is 3. The van der Waals surface area contributed by atoms with Crippen LogP contribution in [0.15, 0.2) is 23.3 Å². The fourth-order valence-corrected chi connectivity index (χ4v) is 2.98. The van der Waals surface area contributed by atoms with Gasteiger partial charge in [-0.15, -0.1) is 24.0 Å². The van der Waals surface area contributed by atoms with Crippen LogP contribution in [0.3, 0.4) is 0 Å². The molecule has 0 aromatic carbocycles. The zero-order chi connectivity index (χ0) is 18.1. The number of aromatic nitrogens is 1. The lowest BCUT2D eigenvalue weighted by atomic mass is 10.0. The second-order valence-electron chi connectivity index (χ2n) is 6.47. The van der Waals surface area contributed by atoms with Crippen LogP contribution in [0.25, 0.3) is 0 Å². The zero-order valence-electron chi connectivity index (χ0n) is 16.2. The van der Waals surface area contributed by atoms with Crippen molar-refractivity contribution in [2.45, 2.75) is 26.4 Å². The van der Waals surface area contributed by atoms with Crippen molar-refractivity contribution in [3.63, 3.8) is 0 Å². The van der Waals surface area contributed by atoms with E-state index in [9.17, 15) is 0 Å². The van der Waals surface area contributed by atoms with Gasteiger partial charge in [-0.25, -0.2) is 4.98 Å². The minimum Gasteiger partial charge on any atom is -0.481 e. The second kappa shape index (κ2) is 12.3. The van der Waals surface area contributed by atoms with E-state index in [0.717, 1.165) is 44.4 Å². The summed E-state index contributed by atoms with van der Waals surface area (Å²) in [5.41, 5.74) is 1.10. The highest BCUT2D eigenvalue weighted by atomic mass is 127. The van der Waals surface area contributed by atoms with E-state index in [1.807, 2.05) is 12.1 Å². The van der Waals surface area contributed by atoms with Gasteiger partial charge in [-0.2, -0.15) is 0 Å². The lowest BCUT2D eigenvalue weighted by Gasteiger charge is -2.37. The average molecular weight is 477 g/mol. The van der Waals surface area contributed by atoms with Crippen LogP contribution in [0.4, 0.5) is 0 Å². The average Bonchev–Trinajstić information content (AvgIpc) is 2.65. The summed E-state index contributed by atoms with van der Waals surface area (Å²) in [5.74, 6) is 1.98. The van der Waals surface area contributed by atoms with Crippen LogP contribution < -0.4 is 15.4 Å². The third-order valence-electron chi connectivity index (χ3n) is 4.45. The molecule has 1 aliphatic rings. The van der Waals surface area contributed by atoms with Gasteiger partial charge in [0.25, 0.3) is 0 Å². The van der Waals surface area contributed by atoms with E-state index >= 15 is 0 Å². The molecule has 1 aromatic rings. The van der Waals surface area contributed by atoms with Gasteiger partial charge in [0, 0.05) is 51.5 Å². The van der Waals surface area contributed by atoms with Crippen LogP contribution in [0.2, 0.25) is 0 Å². The number of rotatable bonds is 7. The van der Waals surface area contributed by atoms with Gasteiger partial charge >= 0.3 is 0 Å². The Bertz CT molecular complexity index is 550. The first-order valence-corrected chi connectivity index (χ1v) is 8.89. The summed E-state index contributed by atoms with van der Waals surface area (Å²) < 4.78 is 10.6. The molecule has 0 aliphatic carbocycles. The molecule has 1 saturated heterocycles. The van der Waals surface area contributed by atoms with Gasteiger partial charge in [0.05, 0.1) is 20.3 Å². The largest absolute Gasteiger partial charge is 0.481 e. The maximum atomic E-state index is 5.47. The highest BCUT2D eigenvalue weighted by Crippen LogP contribution is 2.12. The molecule has 1 atom stereocenters. The number of aliphatic imine (C=N–C) groups is 1. The summed E-state index contributed by atoms with van der Waals surface area (Å²) in [5, 5.41) is 6.80. The van der Waals surface area contributed by atoms with E-state index in [0.29, 0.717) is 24.4 Å². The molecule has 2 N–H and O–H groups in total. The Morgan fingerprint density at radius 3 is 2.69 bits per heavy atom. The van der Waals surface area contributed by atoms with E-state index in [1.165, 1.54) is 0 Å². The Balaban J connectivity index is 0.00000338. The molecule has 1 fully saturated rings. The molecule has 0 bridgehead atoms. The van der Waals surface area contributed by atoms with Crippen LogP contribution in [-0.2, 0) is 11.3 Å². The van der Waals surface area contributed by atoms with Gasteiger partial charge < -0.3 is 20.1 Å². The minimum atomic E-state index is 0. The van der Waals surface area contributed by atoms with E-state index in [2.05, 4.69) is 39.4 Å². The summed E-state index contributed by atoms with van der Waals surface area (Å²) in [4.78, 5) is 11.0. The van der Waals surface area contributed by atoms with Crippen LogP contribution >= 0.6 is 24.0 Å². The maximum Gasteiger partial charge on any atom is 0.213 e. The first-order chi connectivity index (χ1) is 12.1. The normalized spacial score (nSPS) is 16.7. The SMILES string of the molecule is CN=C(NCc1ccnc(OC)c1)NCC(C(C)C)N1CCOCC1.I. The molecule has 0 spiro atoms. The van der Waals surface area contributed by atoms with E-state index in [-0.39, 0.29) is 24.0 Å². The first kappa shape index (κ1) is 22.9. The van der Waals surface area contributed by atoms with Gasteiger partial charge in [-0.1, -0.05) is 13.8 Å². The van der Waals surface area contributed by atoms with Crippen LogP contribution in [-0.4, -0.2) is 68.9 Å². The quantitative estimate of drug-likeness (QED) is 0.354. The predicted molar refractivity (Wildman–Crippen MR) is 115 cm³/mol. The van der Waals surface area contributed by atoms with Crippen molar-refractivity contribution in [1.82, 2.24) is 20.5 Å². The minimum absolute atomic E-state index is 0. The third-order valence-corrected chi connectivity index (χ3v) is 4.45. The Kier molecular flexibility index (Phi) is 10.8. The molecule has 1 unspecified atom stereocenters. The van der Waals surface area contributed by atoms with Crippen molar-refractivity contribution in [2.24, 2.45) is 10.9 Å². The molecule has 2 heterocycles. The smallest absolute Gasteiger partial charge is 0.213 e. The topological polar surface area (TPSA) is 71.0 Å². The number of morpholine rings is 1. The number of hydrogen-bond acceptors (Lipinski definition) is 5. The lowest BCUT2D eigenvalue weighted by Crippen LogP contribution is -2.52. The van der Waals surface area contributed by atoms with E-state index in [1.54, 1.807) is 20.4 Å². The molecule has 0 amide bonds. The summed E-state index contributed by atoms with van der Waals surface area (Å²) in [6, 6.07) is 4.35. The number of methoxy groups -OCH3 is 1. The monoisotopic (exact) mass is 477 g/mol. The first-order valence-electron chi connectivity index (χ1n) is 8.89. The summed E-state index contributed by atoms with van der Waals surface area (Å²) in [6.45, 7) is 9.68. The second-order valence-corrected chi connectivity index (χ2v) is 6.47. The number of ether oxygens (including phenoxy) is 2. The van der Waals surface area contributed by atoms with Crippen molar-refractivity contribution in [1.29, 1.82) is 0 Å². The van der Waals surface area contributed by atoms with E-state index in [4.69, 9.17) is 9.47 Å². The number of pyridine rings is 1. The van der Waals surface area contributed by atoms with Gasteiger partial charge in [0.2, 0.25) is 5.88 Å². The summed E-state index contributed by atoms with van der Waals surface area (Å²) in [7, 11) is 3.42. The van der Waals surface area contributed by atoms with Gasteiger partial charge in [0.15, 0.2) is 5.96 Å². The summed E-state index contributed by atoms with van der Waals surface area (Å²) >= 11 is 0. The molecule has 7 nitrogen and oxygen atoms in total. The maximum absolute atomic E-state index is 5.47. The highest BCUT2D eigenvalue weighted by Gasteiger charge is 2.23. The van der Waals surface area contributed by atoms with Gasteiger partial charge in [-0.3, -0.25) is 9.89 Å². The van der Waals surface area contributed by atoms with E-state index < -0.39 is 0 Å². The van der Waals surface area contributed by atoms with Crippen molar-refractivity contribution >= 4 is 29.9 Å². The van der Waals surface area contributed by atoms with Gasteiger partial charge in [0.1, 0.15) is 0 Å². The molecule has 148 valence electrons. The number of hydrogen-bond donors (Lipinski definition) is 2. The van der Waals surface area contributed by atoms with Crippen molar-refractivity contribution in [3.05, 3.63) is 23.9 Å². The molecule has 8 heteroatoms. The highest BCUT2D eigenvalue weighted by molar-refractivity contribution is 14.0. The molecule has 0 saturated carbocycles. The standard InChI is InChI=1S/C18H31N5O2.HI/c1-14(2)16(23-7-9-25-10-8-23)13-22-18(19-3)21-12-15-5-6-20-17(11-15)24-4;/h5-6,11,14,16H,7-10,12-13H2,1-4H3,(H2,19,21,22);1H. The molecule has 26 heavy (non-hydrogen) atoms. The number of guanidine groups is 1. The van der Waals surface area contributed by atoms with Crippen molar-refractivity contribution in [2.75, 3.05) is 47.0 Å². The Morgan fingerprint density at radius 1 is 1.35 bits per heavy atom. The Morgan fingerprint density at radius 2 is 2.08 bits per heavy atom. The Labute approximate surface area is 174 Å². The van der Waals surface area contributed by atoms with Crippen molar-refractivity contribution < 1.29 is 9.47 Å².